The Kier molecular flexibility index (Phi) is 5.01. The molecule has 4 nitrogen and oxygen atoms in total. The van der Waals surface area contributed by atoms with E-state index in [0.717, 1.165) is 43.3 Å². The Bertz CT molecular complexity index is 932. The number of hydrogen-bond acceptors (Lipinski definition) is 4. The topological polar surface area (TPSA) is 41.6 Å². The Hall–Kier alpha value is -1.87. The number of fused-ring (bicyclic) bond motifs is 4. The van der Waals surface area contributed by atoms with Crippen molar-refractivity contribution < 1.29 is 27.1 Å². The number of ether oxygens (including phenoxy) is 1. The summed E-state index contributed by atoms with van der Waals surface area (Å²) in [4.78, 5) is 15.6. The van der Waals surface area contributed by atoms with Crippen molar-refractivity contribution in [3.8, 4) is 5.75 Å². The van der Waals surface area contributed by atoms with Gasteiger partial charge in [-0.2, -0.15) is 13.2 Å². The van der Waals surface area contributed by atoms with Crippen molar-refractivity contribution in [2.45, 2.75) is 44.4 Å². The normalized spacial score (nSPS) is 25.9. The summed E-state index contributed by atoms with van der Waals surface area (Å²) >= 11 is 0.948. The standard InChI is InChI=1S/C20H22F4N2O2S/c1-19(2)17(11-5-7-26(19)8-6-11)25-18(27)14-9-12-3-4-13(21)15(16(12)29-14)28-10-20(22,23)24/h3-4,9,11,17H,5-8,10H2,1-2H3,(H,25,27). The lowest BCUT2D eigenvalue weighted by molar-refractivity contribution is -0.153. The van der Waals surface area contributed by atoms with E-state index in [1.54, 1.807) is 6.07 Å². The number of carbonyl (C=O) groups excluding carboxylic acids is 1. The summed E-state index contributed by atoms with van der Waals surface area (Å²) in [5.74, 6) is -1.24. The highest BCUT2D eigenvalue weighted by Crippen LogP contribution is 2.40. The van der Waals surface area contributed by atoms with Crippen LogP contribution in [0.25, 0.3) is 10.1 Å². The fourth-order valence-corrected chi connectivity index (χ4v) is 5.59. The number of nitrogens with one attached hydrogen (secondary N) is 1. The molecular weight excluding hydrogens is 408 g/mol. The number of benzene rings is 1. The smallest absolute Gasteiger partial charge is 0.422 e. The minimum absolute atomic E-state index is 0.0135. The molecule has 1 atom stereocenters. The average Bonchev–Trinajstić information content (AvgIpc) is 3.08. The van der Waals surface area contributed by atoms with Gasteiger partial charge in [-0.15, -0.1) is 11.3 Å². The van der Waals surface area contributed by atoms with Crippen molar-refractivity contribution >= 4 is 27.3 Å². The Labute approximate surface area is 169 Å². The summed E-state index contributed by atoms with van der Waals surface area (Å²) in [6.45, 7) is 4.69. The van der Waals surface area contributed by atoms with E-state index >= 15 is 0 Å². The minimum Gasteiger partial charge on any atom is -0.480 e. The molecule has 0 radical (unpaired) electrons. The van der Waals surface area contributed by atoms with Gasteiger partial charge in [0.05, 0.1) is 9.58 Å². The maximum atomic E-state index is 14.1. The van der Waals surface area contributed by atoms with E-state index in [2.05, 4.69) is 24.1 Å². The summed E-state index contributed by atoms with van der Waals surface area (Å²) in [5.41, 5.74) is -0.166. The molecule has 1 aromatic heterocycles. The summed E-state index contributed by atoms with van der Waals surface area (Å²) < 4.78 is 56.5. The van der Waals surface area contributed by atoms with E-state index in [0.29, 0.717) is 16.2 Å². The summed E-state index contributed by atoms with van der Waals surface area (Å²) in [5, 5.41) is 3.60. The van der Waals surface area contributed by atoms with E-state index in [9.17, 15) is 22.4 Å². The number of alkyl halides is 3. The number of rotatable bonds is 4. The molecule has 0 aliphatic carbocycles. The number of nitrogens with zero attached hydrogens (tertiary/aromatic N) is 1. The van der Waals surface area contributed by atoms with E-state index in [1.165, 1.54) is 6.07 Å². The minimum atomic E-state index is -4.58. The largest absolute Gasteiger partial charge is 0.480 e. The molecule has 2 aromatic rings. The van der Waals surface area contributed by atoms with Crippen LogP contribution in [0, 0.1) is 11.7 Å². The lowest BCUT2D eigenvalue weighted by Crippen LogP contribution is -2.69. The van der Waals surface area contributed by atoms with Crippen LogP contribution < -0.4 is 10.1 Å². The van der Waals surface area contributed by atoms with Crippen LogP contribution in [-0.4, -0.2) is 48.3 Å². The fourth-order valence-electron chi connectivity index (χ4n) is 4.54. The lowest BCUT2D eigenvalue weighted by atomic mass is 9.72. The second-order valence-electron chi connectivity index (χ2n) is 8.24. The first-order valence-corrected chi connectivity index (χ1v) is 10.4. The van der Waals surface area contributed by atoms with Crippen molar-refractivity contribution in [2.24, 2.45) is 5.92 Å². The number of hydrogen-bond donors (Lipinski definition) is 1. The summed E-state index contributed by atoms with van der Waals surface area (Å²) in [6, 6.07) is 4.06. The van der Waals surface area contributed by atoms with Gasteiger partial charge in [-0.3, -0.25) is 9.69 Å². The molecule has 1 aromatic carbocycles. The number of halogens is 4. The number of amides is 1. The highest BCUT2D eigenvalue weighted by molar-refractivity contribution is 7.21. The van der Waals surface area contributed by atoms with E-state index in [1.807, 2.05) is 0 Å². The number of carbonyl (C=O) groups is 1. The Balaban J connectivity index is 1.59. The van der Waals surface area contributed by atoms with Crippen LogP contribution in [0.15, 0.2) is 18.2 Å². The molecule has 3 aliphatic heterocycles. The van der Waals surface area contributed by atoms with Gasteiger partial charge in [-0.1, -0.05) is 6.07 Å². The molecule has 3 fully saturated rings. The summed E-state index contributed by atoms with van der Waals surface area (Å²) in [6.07, 6.45) is -2.52. The van der Waals surface area contributed by atoms with Crippen LogP contribution in [0.1, 0.15) is 36.4 Å². The molecule has 0 saturated carbocycles. The second-order valence-corrected chi connectivity index (χ2v) is 9.29. The molecule has 3 aliphatic rings. The van der Waals surface area contributed by atoms with E-state index in [-0.39, 0.29) is 22.2 Å². The zero-order chi connectivity index (χ0) is 21.0. The van der Waals surface area contributed by atoms with Crippen LogP contribution in [0.2, 0.25) is 0 Å². The predicted octanol–water partition coefficient (Wildman–Crippen LogP) is 4.58. The monoisotopic (exact) mass is 430 g/mol. The Morgan fingerprint density at radius 2 is 2.00 bits per heavy atom. The van der Waals surface area contributed by atoms with Crippen molar-refractivity contribution in [1.82, 2.24) is 10.2 Å². The second kappa shape index (κ2) is 7.12. The van der Waals surface area contributed by atoms with Gasteiger partial charge < -0.3 is 10.1 Å². The number of piperidine rings is 3. The molecule has 0 spiro atoms. The van der Waals surface area contributed by atoms with Crippen molar-refractivity contribution in [2.75, 3.05) is 19.7 Å². The molecular formula is C20H22F4N2O2S. The van der Waals surface area contributed by atoms with Crippen molar-refractivity contribution in [3.05, 3.63) is 28.9 Å². The lowest BCUT2D eigenvalue weighted by Gasteiger charge is -2.56. The average molecular weight is 430 g/mol. The molecule has 1 N–H and O–H groups in total. The molecule has 4 heterocycles. The van der Waals surface area contributed by atoms with Crippen molar-refractivity contribution in [3.63, 3.8) is 0 Å². The van der Waals surface area contributed by atoms with Gasteiger partial charge in [0.25, 0.3) is 5.91 Å². The highest BCUT2D eigenvalue weighted by atomic mass is 32.1. The van der Waals surface area contributed by atoms with Crippen LogP contribution in [0.3, 0.4) is 0 Å². The quantitative estimate of drug-likeness (QED) is 0.722. The zero-order valence-corrected chi connectivity index (χ0v) is 16.9. The maximum Gasteiger partial charge on any atom is 0.422 e. The molecule has 2 bridgehead atoms. The van der Waals surface area contributed by atoms with Crippen LogP contribution >= 0.6 is 11.3 Å². The first kappa shape index (κ1) is 20.4. The third kappa shape index (κ3) is 3.82. The van der Waals surface area contributed by atoms with Gasteiger partial charge in [0.15, 0.2) is 18.2 Å². The highest BCUT2D eigenvalue weighted by Gasteiger charge is 2.48. The SMILES string of the molecule is CC1(C)C(NC(=O)c2cc3ccc(F)c(OCC(F)(F)F)c3s2)C2CCN1CC2. The fraction of sp³-hybridized carbons (Fsp3) is 0.550. The van der Waals surface area contributed by atoms with E-state index < -0.39 is 24.3 Å². The predicted molar refractivity (Wildman–Crippen MR) is 103 cm³/mol. The molecule has 1 unspecified atom stereocenters. The molecule has 3 saturated heterocycles. The first-order chi connectivity index (χ1) is 13.6. The molecule has 1 amide bonds. The number of thiophene rings is 1. The zero-order valence-electron chi connectivity index (χ0n) is 16.1. The Morgan fingerprint density at radius 1 is 1.31 bits per heavy atom. The van der Waals surface area contributed by atoms with Crippen LogP contribution in [0.4, 0.5) is 17.6 Å². The van der Waals surface area contributed by atoms with Gasteiger partial charge >= 0.3 is 6.18 Å². The molecule has 29 heavy (non-hydrogen) atoms. The third-order valence-electron chi connectivity index (χ3n) is 6.07. The first-order valence-electron chi connectivity index (χ1n) is 9.54. The Morgan fingerprint density at radius 3 is 2.62 bits per heavy atom. The van der Waals surface area contributed by atoms with Gasteiger partial charge in [0, 0.05) is 11.6 Å². The van der Waals surface area contributed by atoms with Gasteiger partial charge in [0.1, 0.15) is 0 Å². The van der Waals surface area contributed by atoms with Crippen LogP contribution in [0.5, 0.6) is 5.75 Å². The summed E-state index contributed by atoms with van der Waals surface area (Å²) in [7, 11) is 0. The molecule has 158 valence electrons. The van der Waals surface area contributed by atoms with Crippen LogP contribution in [-0.2, 0) is 0 Å². The van der Waals surface area contributed by atoms with Gasteiger partial charge in [0.2, 0.25) is 0 Å². The molecule has 9 heteroatoms. The third-order valence-corrected chi connectivity index (χ3v) is 7.22. The van der Waals surface area contributed by atoms with Gasteiger partial charge in [-0.05, 0) is 63.2 Å². The maximum absolute atomic E-state index is 14.1. The van der Waals surface area contributed by atoms with Gasteiger partial charge in [-0.25, -0.2) is 4.39 Å². The van der Waals surface area contributed by atoms with Crippen molar-refractivity contribution in [1.29, 1.82) is 0 Å². The van der Waals surface area contributed by atoms with E-state index in [4.69, 9.17) is 4.74 Å². The molecule has 5 rings (SSSR count).